The van der Waals surface area contributed by atoms with Crippen molar-refractivity contribution in [3.05, 3.63) is 95.6 Å². The van der Waals surface area contributed by atoms with Crippen molar-refractivity contribution in [2.75, 3.05) is 13.2 Å². The Hall–Kier alpha value is -3.40. The molecule has 0 saturated heterocycles. The number of ether oxygens (including phenoxy) is 2. The van der Waals surface area contributed by atoms with Gasteiger partial charge in [-0.25, -0.2) is 0 Å². The quantitative estimate of drug-likeness (QED) is 0.523. The summed E-state index contributed by atoms with van der Waals surface area (Å²) in [6.07, 6.45) is 1.73. The van der Waals surface area contributed by atoms with Crippen LogP contribution in [0.3, 0.4) is 0 Å². The first-order valence-corrected chi connectivity index (χ1v) is 8.52. The van der Waals surface area contributed by atoms with E-state index in [1.54, 1.807) is 6.21 Å². The molecule has 4 rings (SSSR count). The van der Waals surface area contributed by atoms with E-state index in [-0.39, 0.29) is 0 Å². The van der Waals surface area contributed by atoms with E-state index in [1.165, 1.54) is 0 Å². The van der Waals surface area contributed by atoms with Crippen LogP contribution < -0.4 is 9.47 Å². The highest BCUT2D eigenvalue weighted by Crippen LogP contribution is 2.30. The van der Waals surface area contributed by atoms with Crippen LogP contribution in [0.4, 0.5) is 0 Å². The third-order valence-corrected chi connectivity index (χ3v) is 4.03. The van der Waals surface area contributed by atoms with E-state index in [0.717, 1.165) is 33.9 Å². The van der Waals surface area contributed by atoms with E-state index in [9.17, 15) is 0 Å². The largest absolute Gasteiger partial charge is 0.486 e. The van der Waals surface area contributed by atoms with Gasteiger partial charge in [-0.2, -0.15) is 5.10 Å². The van der Waals surface area contributed by atoms with Gasteiger partial charge < -0.3 is 9.47 Å². The normalized spacial score (nSPS) is 12.8. The molecule has 128 valence electrons. The minimum atomic E-state index is 0.567. The lowest BCUT2D eigenvalue weighted by molar-refractivity contribution is 0.171. The van der Waals surface area contributed by atoms with Gasteiger partial charge in [-0.1, -0.05) is 60.7 Å². The van der Waals surface area contributed by atoms with Gasteiger partial charge in [0.1, 0.15) is 18.9 Å². The highest BCUT2D eigenvalue weighted by Gasteiger charge is 2.11. The molecule has 0 N–H and O–H groups in total. The van der Waals surface area contributed by atoms with Gasteiger partial charge in [0.2, 0.25) is 0 Å². The second kappa shape index (κ2) is 7.66. The van der Waals surface area contributed by atoms with E-state index < -0.39 is 0 Å². The summed E-state index contributed by atoms with van der Waals surface area (Å²) in [5.41, 5.74) is 3.80. The molecule has 4 heteroatoms. The van der Waals surface area contributed by atoms with Crippen LogP contribution in [-0.2, 0) is 0 Å². The Morgan fingerprint density at radius 2 is 1.35 bits per heavy atom. The average molecular weight is 342 g/mol. The molecule has 0 saturated carbocycles. The lowest BCUT2D eigenvalue weighted by Gasteiger charge is -2.18. The summed E-state index contributed by atoms with van der Waals surface area (Å²) in [5, 5.41) is 8.80. The molecule has 1 aliphatic heterocycles. The standard InChI is InChI=1S/C22H18N2O2/c1-3-7-18(8-4-1)22(19-9-5-2-6-10-19)24-23-16-17-11-12-20-21(15-17)26-14-13-25-20/h1-12,15-16H,13-14H2/b23-16+. The third kappa shape index (κ3) is 3.64. The molecule has 0 aliphatic carbocycles. The number of fused-ring (bicyclic) bond motifs is 1. The molecular weight excluding hydrogens is 324 g/mol. The summed E-state index contributed by atoms with van der Waals surface area (Å²) in [7, 11) is 0. The predicted octanol–water partition coefficient (Wildman–Crippen LogP) is 4.33. The van der Waals surface area contributed by atoms with Gasteiger partial charge in [-0.05, 0) is 23.8 Å². The van der Waals surface area contributed by atoms with Crippen molar-refractivity contribution in [1.82, 2.24) is 0 Å². The van der Waals surface area contributed by atoms with Crippen LogP contribution >= 0.6 is 0 Å². The minimum absolute atomic E-state index is 0.567. The molecule has 0 amide bonds. The molecule has 0 unspecified atom stereocenters. The second-order valence-corrected chi connectivity index (χ2v) is 5.83. The molecule has 26 heavy (non-hydrogen) atoms. The topological polar surface area (TPSA) is 43.2 Å². The van der Waals surface area contributed by atoms with E-state index in [4.69, 9.17) is 9.47 Å². The van der Waals surface area contributed by atoms with Crippen molar-refractivity contribution in [2.45, 2.75) is 0 Å². The molecule has 0 aromatic heterocycles. The molecule has 0 radical (unpaired) electrons. The van der Waals surface area contributed by atoms with E-state index in [2.05, 4.69) is 10.2 Å². The third-order valence-electron chi connectivity index (χ3n) is 4.03. The maximum atomic E-state index is 5.61. The molecule has 1 heterocycles. The van der Waals surface area contributed by atoms with Gasteiger partial charge in [0.15, 0.2) is 11.5 Å². The molecule has 0 bridgehead atoms. The molecule has 0 atom stereocenters. The molecular formula is C22H18N2O2. The smallest absolute Gasteiger partial charge is 0.162 e. The zero-order valence-corrected chi connectivity index (χ0v) is 14.2. The zero-order chi connectivity index (χ0) is 17.6. The van der Waals surface area contributed by atoms with Crippen molar-refractivity contribution in [1.29, 1.82) is 0 Å². The van der Waals surface area contributed by atoms with Crippen molar-refractivity contribution in [2.24, 2.45) is 10.2 Å². The van der Waals surface area contributed by atoms with Gasteiger partial charge in [-0.3, -0.25) is 0 Å². The lowest BCUT2D eigenvalue weighted by Crippen LogP contribution is -2.15. The summed E-state index contributed by atoms with van der Waals surface area (Å²) >= 11 is 0. The first-order valence-electron chi connectivity index (χ1n) is 8.52. The number of hydrogen-bond acceptors (Lipinski definition) is 4. The number of hydrogen-bond donors (Lipinski definition) is 0. The molecule has 1 aliphatic rings. The van der Waals surface area contributed by atoms with Crippen molar-refractivity contribution in [3.63, 3.8) is 0 Å². The van der Waals surface area contributed by atoms with Crippen LogP contribution in [0, 0.1) is 0 Å². The average Bonchev–Trinajstić information content (AvgIpc) is 2.72. The maximum Gasteiger partial charge on any atom is 0.162 e. The fraction of sp³-hybridized carbons (Fsp3) is 0.0909. The summed E-state index contributed by atoms with van der Waals surface area (Å²) in [5.74, 6) is 1.52. The van der Waals surface area contributed by atoms with Crippen LogP contribution in [0.2, 0.25) is 0 Å². The second-order valence-electron chi connectivity index (χ2n) is 5.83. The first kappa shape index (κ1) is 16.1. The maximum absolute atomic E-state index is 5.61. The highest BCUT2D eigenvalue weighted by molar-refractivity contribution is 6.12. The van der Waals surface area contributed by atoms with E-state index >= 15 is 0 Å². The fourth-order valence-corrected chi connectivity index (χ4v) is 2.77. The number of benzene rings is 3. The Balaban J connectivity index is 1.64. The highest BCUT2D eigenvalue weighted by atomic mass is 16.6. The number of rotatable bonds is 4. The van der Waals surface area contributed by atoms with Gasteiger partial charge in [0, 0.05) is 11.1 Å². The Morgan fingerprint density at radius 1 is 0.731 bits per heavy atom. The van der Waals surface area contributed by atoms with E-state index in [1.807, 2.05) is 78.9 Å². The van der Waals surface area contributed by atoms with Crippen LogP contribution in [0.15, 0.2) is 89.1 Å². The lowest BCUT2D eigenvalue weighted by atomic mass is 10.0. The van der Waals surface area contributed by atoms with E-state index in [0.29, 0.717) is 13.2 Å². The van der Waals surface area contributed by atoms with Crippen LogP contribution in [0.5, 0.6) is 11.5 Å². The SMILES string of the molecule is C(=N\N=C(c1ccccc1)c1ccccc1)/c1ccc2c(c1)OCCO2. The Labute approximate surface area is 152 Å². The molecule has 0 fully saturated rings. The molecule has 0 spiro atoms. The zero-order valence-electron chi connectivity index (χ0n) is 14.2. The Kier molecular flexibility index (Phi) is 4.74. The fourth-order valence-electron chi connectivity index (χ4n) is 2.77. The summed E-state index contributed by atoms with van der Waals surface area (Å²) in [6.45, 7) is 1.15. The van der Waals surface area contributed by atoms with Crippen molar-refractivity contribution >= 4 is 11.9 Å². The Bertz CT molecular complexity index is 893. The van der Waals surface area contributed by atoms with Gasteiger partial charge in [0.05, 0.1) is 6.21 Å². The predicted molar refractivity (Wildman–Crippen MR) is 104 cm³/mol. The molecule has 3 aromatic carbocycles. The van der Waals surface area contributed by atoms with Crippen molar-refractivity contribution < 1.29 is 9.47 Å². The Morgan fingerprint density at radius 3 is 2.00 bits per heavy atom. The summed E-state index contributed by atoms with van der Waals surface area (Å²) in [4.78, 5) is 0. The van der Waals surface area contributed by atoms with Gasteiger partial charge in [0.25, 0.3) is 0 Å². The molecule has 4 nitrogen and oxygen atoms in total. The van der Waals surface area contributed by atoms with Crippen LogP contribution in [0.25, 0.3) is 0 Å². The number of nitrogens with zero attached hydrogens (tertiary/aromatic N) is 2. The van der Waals surface area contributed by atoms with Crippen LogP contribution in [0.1, 0.15) is 16.7 Å². The first-order chi connectivity index (χ1) is 12.9. The van der Waals surface area contributed by atoms with Gasteiger partial charge >= 0.3 is 0 Å². The summed E-state index contributed by atoms with van der Waals surface area (Å²) < 4.78 is 11.1. The van der Waals surface area contributed by atoms with Crippen LogP contribution in [-0.4, -0.2) is 25.1 Å². The monoisotopic (exact) mass is 342 g/mol. The molecule has 3 aromatic rings. The van der Waals surface area contributed by atoms with Crippen molar-refractivity contribution in [3.8, 4) is 11.5 Å². The summed E-state index contributed by atoms with van der Waals surface area (Å²) in [6, 6.07) is 25.9. The van der Waals surface area contributed by atoms with Gasteiger partial charge in [-0.15, -0.1) is 5.10 Å². The minimum Gasteiger partial charge on any atom is -0.486 e.